The van der Waals surface area contributed by atoms with Gasteiger partial charge < -0.3 is 10.6 Å². The molecule has 0 aliphatic heterocycles. The molecule has 0 unspecified atom stereocenters. The van der Waals surface area contributed by atoms with Gasteiger partial charge in [-0.05, 0) is 42.8 Å². The highest BCUT2D eigenvalue weighted by atomic mass is 19.1. The minimum Gasteiger partial charge on any atom is -0.326 e. The molecule has 0 aliphatic rings. The summed E-state index contributed by atoms with van der Waals surface area (Å²) in [5.74, 6) is -0.516. The van der Waals surface area contributed by atoms with E-state index in [0.717, 1.165) is 5.56 Å². The van der Waals surface area contributed by atoms with Crippen molar-refractivity contribution in [3.8, 4) is 0 Å². The number of benzene rings is 2. The SMILES string of the molecule is CCN(C(=O)c1cccc(CN)c1)c1cccc(F)c1. The Morgan fingerprint density at radius 3 is 2.60 bits per heavy atom. The minimum atomic E-state index is -0.357. The van der Waals surface area contributed by atoms with E-state index in [9.17, 15) is 9.18 Å². The second kappa shape index (κ2) is 6.30. The molecule has 0 aliphatic carbocycles. The van der Waals surface area contributed by atoms with Crippen LogP contribution >= 0.6 is 0 Å². The maximum absolute atomic E-state index is 13.3. The van der Waals surface area contributed by atoms with Crippen LogP contribution in [-0.2, 0) is 6.54 Å². The van der Waals surface area contributed by atoms with Gasteiger partial charge in [-0.1, -0.05) is 18.2 Å². The number of rotatable bonds is 4. The topological polar surface area (TPSA) is 46.3 Å². The number of hydrogen-bond acceptors (Lipinski definition) is 2. The summed E-state index contributed by atoms with van der Waals surface area (Å²) >= 11 is 0. The second-order valence-corrected chi connectivity index (χ2v) is 4.43. The Kier molecular flexibility index (Phi) is 4.48. The number of anilines is 1. The lowest BCUT2D eigenvalue weighted by Gasteiger charge is -2.21. The molecule has 0 heterocycles. The van der Waals surface area contributed by atoms with Crippen LogP contribution in [0.3, 0.4) is 0 Å². The number of amides is 1. The Balaban J connectivity index is 2.33. The zero-order valence-corrected chi connectivity index (χ0v) is 11.3. The van der Waals surface area contributed by atoms with Crippen molar-refractivity contribution in [3.05, 3.63) is 65.5 Å². The smallest absolute Gasteiger partial charge is 0.258 e. The van der Waals surface area contributed by atoms with Crippen LogP contribution in [0.4, 0.5) is 10.1 Å². The van der Waals surface area contributed by atoms with Crippen molar-refractivity contribution >= 4 is 11.6 Å². The molecule has 0 aromatic heterocycles. The standard InChI is InChI=1S/C16H17FN2O/c1-2-19(15-8-4-7-14(17)10-15)16(20)13-6-3-5-12(9-13)11-18/h3-10H,2,11,18H2,1H3. The summed E-state index contributed by atoms with van der Waals surface area (Å²) in [6, 6.07) is 13.2. The van der Waals surface area contributed by atoms with E-state index in [4.69, 9.17) is 5.73 Å². The van der Waals surface area contributed by atoms with E-state index in [2.05, 4.69) is 0 Å². The first kappa shape index (κ1) is 14.2. The van der Waals surface area contributed by atoms with Crippen LogP contribution in [0.25, 0.3) is 0 Å². The zero-order chi connectivity index (χ0) is 14.5. The van der Waals surface area contributed by atoms with Crippen molar-refractivity contribution in [3.63, 3.8) is 0 Å². The van der Waals surface area contributed by atoms with Gasteiger partial charge in [0.15, 0.2) is 0 Å². The van der Waals surface area contributed by atoms with Crippen LogP contribution in [-0.4, -0.2) is 12.5 Å². The molecule has 4 heteroatoms. The highest BCUT2D eigenvalue weighted by Crippen LogP contribution is 2.18. The third kappa shape index (κ3) is 3.03. The van der Waals surface area contributed by atoms with Gasteiger partial charge in [0.2, 0.25) is 0 Å². The molecule has 2 N–H and O–H groups in total. The van der Waals surface area contributed by atoms with Gasteiger partial charge in [-0.25, -0.2) is 4.39 Å². The number of nitrogens with zero attached hydrogens (tertiary/aromatic N) is 1. The maximum Gasteiger partial charge on any atom is 0.258 e. The van der Waals surface area contributed by atoms with Crippen LogP contribution in [0.1, 0.15) is 22.8 Å². The highest BCUT2D eigenvalue weighted by Gasteiger charge is 2.16. The number of carbonyl (C=O) groups excluding carboxylic acids is 1. The van der Waals surface area contributed by atoms with E-state index >= 15 is 0 Å². The van der Waals surface area contributed by atoms with Crippen LogP contribution in [0.2, 0.25) is 0 Å². The van der Waals surface area contributed by atoms with E-state index in [1.54, 1.807) is 35.2 Å². The molecule has 0 bridgehead atoms. The number of halogens is 1. The molecule has 1 amide bonds. The fourth-order valence-electron chi connectivity index (χ4n) is 2.07. The molecule has 0 spiro atoms. The Morgan fingerprint density at radius 2 is 1.95 bits per heavy atom. The summed E-state index contributed by atoms with van der Waals surface area (Å²) < 4.78 is 13.3. The lowest BCUT2D eigenvalue weighted by Crippen LogP contribution is -2.30. The monoisotopic (exact) mass is 272 g/mol. The van der Waals surface area contributed by atoms with Crippen molar-refractivity contribution in [2.24, 2.45) is 5.73 Å². The Bertz CT molecular complexity index is 613. The number of nitrogens with two attached hydrogens (primary N) is 1. The predicted octanol–water partition coefficient (Wildman–Crippen LogP) is 2.95. The van der Waals surface area contributed by atoms with Crippen LogP contribution in [0.15, 0.2) is 48.5 Å². The second-order valence-electron chi connectivity index (χ2n) is 4.43. The van der Waals surface area contributed by atoms with E-state index in [-0.39, 0.29) is 11.7 Å². The first-order valence-corrected chi connectivity index (χ1v) is 6.52. The molecule has 2 rings (SSSR count). The van der Waals surface area contributed by atoms with Crippen molar-refractivity contribution in [1.29, 1.82) is 0 Å². The van der Waals surface area contributed by atoms with Gasteiger partial charge >= 0.3 is 0 Å². The molecule has 0 saturated heterocycles. The summed E-state index contributed by atoms with van der Waals surface area (Å²) in [5, 5.41) is 0. The van der Waals surface area contributed by atoms with Gasteiger partial charge in [0.1, 0.15) is 5.82 Å². The van der Waals surface area contributed by atoms with Crippen LogP contribution in [0, 0.1) is 5.82 Å². The predicted molar refractivity (Wildman–Crippen MR) is 78.1 cm³/mol. The van der Waals surface area contributed by atoms with Crippen molar-refractivity contribution in [1.82, 2.24) is 0 Å². The normalized spacial score (nSPS) is 10.3. The van der Waals surface area contributed by atoms with Gasteiger partial charge in [-0.3, -0.25) is 4.79 Å². The third-order valence-electron chi connectivity index (χ3n) is 3.09. The largest absolute Gasteiger partial charge is 0.326 e. The van der Waals surface area contributed by atoms with E-state index in [1.165, 1.54) is 12.1 Å². The van der Waals surface area contributed by atoms with E-state index < -0.39 is 0 Å². The summed E-state index contributed by atoms with van der Waals surface area (Å²) in [6.07, 6.45) is 0. The minimum absolute atomic E-state index is 0.159. The number of hydrogen-bond donors (Lipinski definition) is 1. The third-order valence-corrected chi connectivity index (χ3v) is 3.09. The Hall–Kier alpha value is -2.20. The van der Waals surface area contributed by atoms with Gasteiger partial charge in [0.05, 0.1) is 0 Å². The molecule has 0 atom stereocenters. The van der Waals surface area contributed by atoms with Crippen molar-refractivity contribution < 1.29 is 9.18 Å². The average Bonchev–Trinajstić information content (AvgIpc) is 2.48. The molecule has 0 fully saturated rings. The molecule has 2 aromatic carbocycles. The van der Waals surface area contributed by atoms with Crippen molar-refractivity contribution in [2.45, 2.75) is 13.5 Å². The molecule has 104 valence electrons. The lowest BCUT2D eigenvalue weighted by atomic mass is 10.1. The molecule has 0 saturated carbocycles. The molecule has 20 heavy (non-hydrogen) atoms. The Labute approximate surface area is 117 Å². The Morgan fingerprint density at radius 1 is 1.20 bits per heavy atom. The van der Waals surface area contributed by atoms with Crippen LogP contribution in [0.5, 0.6) is 0 Å². The van der Waals surface area contributed by atoms with Gasteiger partial charge in [0, 0.05) is 24.3 Å². The van der Waals surface area contributed by atoms with Crippen molar-refractivity contribution in [2.75, 3.05) is 11.4 Å². The quantitative estimate of drug-likeness (QED) is 0.930. The molecular weight excluding hydrogens is 255 g/mol. The first-order valence-electron chi connectivity index (χ1n) is 6.52. The molecule has 0 radical (unpaired) electrons. The van der Waals surface area contributed by atoms with E-state index in [1.807, 2.05) is 13.0 Å². The first-order chi connectivity index (χ1) is 9.65. The van der Waals surface area contributed by atoms with Gasteiger partial charge in [-0.2, -0.15) is 0 Å². The lowest BCUT2D eigenvalue weighted by molar-refractivity contribution is 0.0988. The molecule has 2 aromatic rings. The highest BCUT2D eigenvalue weighted by molar-refractivity contribution is 6.06. The van der Waals surface area contributed by atoms with Gasteiger partial charge in [-0.15, -0.1) is 0 Å². The molecular formula is C16H17FN2O. The zero-order valence-electron chi connectivity index (χ0n) is 11.3. The summed E-state index contributed by atoms with van der Waals surface area (Å²) in [4.78, 5) is 14.1. The number of carbonyl (C=O) groups is 1. The van der Waals surface area contributed by atoms with Crippen LogP contribution < -0.4 is 10.6 Å². The summed E-state index contributed by atoms with van der Waals surface area (Å²) in [6.45, 7) is 2.71. The van der Waals surface area contributed by atoms with Gasteiger partial charge in [0.25, 0.3) is 5.91 Å². The summed E-state index contributed by atoms with van der Waals surface area (Å²) in [5.41, 5.74) is 7.58. The van der Waals surface area contributed by atoms with E-state index in [0.29, 0.717) is 24.3 Å². The average molecular weight is 272 g/mol. The summed E-state index contributed by atoms with van der Waals surface area (Å²) in [7, 11) is 0. The molecule has 3 nitrogen and oxygen atoms in total. The fourth-order valence-corrected chi connectivity index (χ4v) is 2.07. The maximum atomic E-state index is 13.3. The fraction of sp³-hybridized carbons (Fsp3) is 0.188.